The Hall–Kier alpha value is -2.91. The molecule has 10 heteroatoms. The molecule has 0 aromatic carbocycles. The fourth-order valence-corrected chi connectivity index (χ4v) is 2.73. The molecule has 0 N–H and O–H groups in total. The average Bonchev–Trinajstić information content (AvgIpc) is 3.13. The third kappa shape index (κ3) is 6.04. The Balaban J connectivity index is 2.55. The van der Waals surface area contributed by atoms with Crippen LogP contribution in [-0.4, -0.2) is 59.5 Å². The van der Waals surface area contributed by atoms with E-state index in [9.17, 15) is 14.4 Å². The number of rotatable bonds is 3. The number of ether oxygens (including phenoxy) is 3. The van der Waals surface area contributed by atoms with Crippen LogP contribution < -0.4 is 9.80 Å². The molecule has 1 saturated heterocycles. The molecule has 0 saturated carbocycles. The van der Waals surface area contributed by atoms with E-state index in [1.807, 2.05) is 4.90 Å². The number of imide groups is 1. The Bertz CT molecular complexity index is 778. The molecular formula is C20H30N4O6. The van der Waals surface area contributed by atoms with E-state index in [0.29, 0.717) is 10.7 Å². The molecule has 1 aliphatic heterocycles. The van der Waals surface area contributed by atoms with Gasteiger partial charge in [0.25, 0.3) is 0 Å². The molecule has 1 aromatic heterocycles. The Morgan fingerprint density at radius 3 is 1.90 bits per heavy atom. The maximum absolute atomic E-state index is 12.9. The molecule has 1 aliphatic rings. The van der Waals surface area contributed by atoms with Gasteiger partial charge in [-0.05, 0) is 54.4 Å². The summed E-state index contributed by atoms with van der Waals surface area (Å²) < 4.78 is 15.5. The van der Waals surface area contributed by atoms with Crippen molar-refractivity contribution < 1.29 is 28.6 Å². The van der Waals surface area contributed by atoms with E-state index in [0.717, 1.165) is 25.9 Å². The largest absolute Gasteiger partial charge is 0.464 e. The Morgan fingerprint density at radius 2 is 1.47 bits per heavy atom. The summed E-state index contributed by atoms with van der Waals surface area (Å²) in [6, 6.07) is 0. The first kappa shape index (κ1) is 23.4. The van der Waals surface area contributed by atoms with Gasteiger partial charge in [0.15, 0.2) is 11.5 Å². The second-order valence-corrected chi connectivity index (χ2v) is 8.88. The lowest BCUT2D eigenvalue weighted by molar-refractivity contribution is 0.0428. The SMILES string of the molecule is COC(=O)c1nc(N2CCCC2)cnc1N(C(=O)OC(C)(C)C)C(=O)OC(C)(C)C. The van der Waals surface area contributed by atoms with Crippen LogP contribution in [0.1, 0.15) is 64.9 Å². The number of esters is 1. The van der Waals surface area contributed by atoms with Crippen molar-refractivity contribution in [1.82, 2.24) is 9.97 Å². The molecular weight excluding hydrogens is 392 g/mol. The minimum atomic E-state index is -1.04. The van der Waals surface area contributed by atoms with Gasteiger partial charge in [-0.3, -0.25) is 0 Å². The van der Waals surface area contributed by atoms with Gasteiger partial charge in [0.1, 0.15) is 17.0 Å². The van der Waals surface area contributed by atoms with Crippen molar-refractivity contribution in [3.8, 4) is 0 Å². The summed E-state index contributed by atoms with van der Waals surface area (Å²) in [5, 5.41) is 0. The molecule has 0 atom stereocenters. The maximum atomic E-state index is 12.9. The minimum Gasteiger partial charge on any atom is -0.464 e. The lowest BCUT2D eigenvalue weighted by Crippen LogP contribution is -2.45. The van der Waals surface area contributed by atoms with Gasteiger partial charge < -0.3 is 19.1 Å². The number of carbonyl (C=O) groups excluding carboxylic acids is 3. The summed E-state index contributed by atoms with van der Waals surface area (Å²) in [4.78, 5) is 49.3. The molecule has 0 spiro atoms. The predicted octanol–water partition coefficient (Wildman–Crippen LogP) is 3.54. The molecule has 166 valence electrons. The number of anilines is 2. The molecule has 1 fully saturated rings. The normalized spacial score (nSPS) is 14.3. The maximum Gasteiger partial charge on any atom is 0.425 e. The van der Waals surface area contributed by atoms with Gasteiger partial charge in [-0.25, -0.2) is 24.4 Å². The Kier molecular flexibility index (Phi) is 6.89. The van der Waals surface area contributed by atoms with Crippen LogP contribution in [0.25, 0.3) is 0 Å². The molecule has 1 aromatic rings. The number of methoxy groups -OCH3 is 1. The highest BCUT2D eigenvalue weighted by Crippen LogP contribution is 2.26. The highest BCUT2D eigenvalue weighted by Gasteiger charge is 2.37. The lowest BCUT2D eigenvalue weighted by Gasteiger charge is -2.28. The Morgan fingerprint density at radius 1 is 0.967 bits per heavy atom. The summed E-state index contributed by atoms with van der Waals surface area (Å²) >= 11 is 0. The summed E-state index contributed by atoms with van der Waals surface area (Å²) in [6.45, 7) is 11.5. The van der Waals surface area contributed by atoms with Crippen molar-refractivity contribution in [3.63, 3.8) is 0 Å². The number of nitrogens with zero attached hydrogens (tertiary/aromatic N) is 4. The summed E-state index contributed by atoms with van der Waals surface area (Å²) in [5.74, 6) is -0.686. The van der Waals surface area contributed by atoms with Crippen molar-refractivity contribution in [1.29, 1.82) is 0 Å². The van der Waals surface area contributed by atoms with Gasteiger partial charge >= 0.3 is 18.2 Å². The first-order chi connectivity index (χ1) is 13.8. The Labute approximate surface area is 176 Å². The standard InChI is InChI=1S/C20H30N4O6/c1-19(2,3)29-17(26)24(18(27)30-20(4,5)6)15-14(16(25)28-7)22-13(12-21-15)23-10-8-9-11-23/h12H,8-11H2,1-7H3. The molecule has 0 unspecified atom stereocenters. The van der Waals surface area contributed by atoms with Crippen LogP contribution in [0.5, 0.6) is 0 Å². The molecule has 30 heavy (non-hydrogen) atoms. The number of carbonyl (C=O) groups is 3. The molecule has 2 rings (SSSR count). The van der Waals surface area contributed by atoms with E-state index in [1.54, 1.807) is 41.5 Å². The van der Waals surface area contributed by atoms with E-state index in [4.69, 9.17) is 14.2 Å². The summed E-state index contributed by atoms with van der Waals surface area (Å²) in [6.07, 6.45) is 1.34. The molecule has 0 radical (unpaired) electrons. The second-order valence-electron chi connectivity index (χ2n) is 8.88. The van der Waals surface area contributed by atoms with Gasteiger partial charge in [-0.2, -0.15) is 4.90 Å². The van der Waals surface area contributed by atoms with Gasteiger partial charge in [0.05, 0.1) is 13.3 Å². The van der Waals surface area contributed by atoms with Crippen molar-refractivity contribution in [3.05, 3.63) is 11.9 Å². The number of amides is 2. The summed E-state index contributed by atoms with van der Waals surface area (Å²) in [5.41, 5.74) is -2.07. The highest BCUT2D eigenvalue weighted by atomic mass is 16.6. The van der Waals surface area contributed by atoms with Gasteiger partial charge in [-0.1, -0.05) is 0 Å². The topological polar surface area (TPSA) is 111 Å². The van der Waals surface area contributed by atoms with E-state index in [1.165, 1.54) is 13.3 Å². The third-order valence-corrected chi connectivity index (χ3v) is 3.91. The van der Waals surface area contributed by atoms with Crippen LogP contribution in [-0.2, 0) is 14.2 Å². The zero-order valence-corrected chi connectivity index (χ0v) is 18.6. The van der Waals surface area contributed by atoms with Gasteiger partial charge in [0, 0.05) is 13.1 Å². The van der Waals surface area contributed by atoms with Gasteiger partial charge in [-0.15, -0.1) is 0 Å². The monoisotopic (exact) mass is 422 g/mol. The number of aromatic nitrogens is 2. The van der Waals surface area contributed by atoms with Crippen LogP contribution >= 0.6 is 0 Å². The van der Waals surface area contributed by atoms with E-state index in [-0.39, 0.29) is 11.5 Å². The molecule has 0 bridgehead atoms. The predicted molar refractivity (Wildman–Crippen MR) is 110 cm³/mol. The van der Waals surface area contributed by atoms with Crippen LogP contribution in [0.3, 0.4) is 0 Å². The van der Waals surface area contributed by atoms with Gasteiger partial charge in [0.2, 0.25) is 0 Å². The molecule has 2 heterocycles. The fourth-order valence-electron chi connectivity index (χ4n) is 2.73. The van der Waals surface area contributed by atoms with Crippen LogP contribution in [0.4, 0.5) is 21.2 Å². The molecule has 2 amide bonds. The fraction of sp³-hybridized carbons (Fsp3) is 0.650. The van der Waals surface area contributed by atoms with Crippen molar-refractivity contribution in [2.24, 2.45) is 0 Å². The molecule has 0 aliphatic carbocycles. The molecule has 10 nitrogen and oxygen atoms in total. The van der Waals surface area contributed by atoms with Crippen LogP contribution in [0.15, 0.2) is 6.20 Å². The zero-order valence-electron chi connectivity index (χ0n) is 18.6. The number of hydrogen-bond donors (Lipinski definition) is 0. The zero-order chi connectivity index (χ0) is 22.7. The minimum absolute atomic E-state index is 0.279. The highest BCUT2D eigenvalue weighted by molar-refractivity contribution is 6.12. The quantitative estimate of drug-likeness (QED) is 0.533. The van der Waals surface area contributed by atoms with Crippen LogP contribution in [0, 0.1) is 0 Å². The lowest BCUT2D eigenvalue weighted by atomic mass is 10.2. The third-order valence-electron chi connectivity index (χ3n) is 3.91. The van der Waals surface area contributed by atoms with E-state index in [2.05, 4.69) is 9.97 Å². The smallest absolute Gasteiger partial charge is 0.425 e. The summed E-state index contributed by atoms with van der Waals surface area (Å²) in [7, 11) is 1.18. The first-order valence-corrected chi connectivity index (χ1v) is 9.79. The number of hydrogen-bond acceptors (Lipinski definition) is 9. The average molecular weight is 422 g/mol. The van der Waals surface area contributed by atoms with Crippen molar-refractivity contribution >= 4 is 29.8 Å². The van der Waals surface area contributed by atoms with Crippen molar-refractivity contribution in [2.75, 3.05) is 30.0 Å². The van der Waals surface area contributed by atoms with E-state index < -0.39 is 29.4 Å². The first-order valence-electron chi connectivity index (χ1n) is 9.79. The van der Waals surface area contributed by atoms with E-state index >= 15 is 0 Å². The van der Waals surface area contributed by atoms with Crippen molar-refractivity contribution in [2.45, 2.75) is 65.6 Å². The second kappa shape index (κ2) is 8.85. The van der Waals surface area contributed by atoms with Crippen LogP contribution in [0.2, 0.25) is 0 Å².